The molecule has 0 heterocycles. The molecule has 0 saturated heterocycles. The maximum absolute atomic E-state index is 4.45. The standard InChI is InChI=1S/CH5P37S/c1-39(3)38-37-36-35-34-33-32-31-30-29-28-27-26-25-24-23-22-21-20-19-18-17-16-15-14-13-12-11-10-9-8-7-6-5-4-2/h2H2,1H3. The van der Waals surface area contributed by atoms with Crippen LogP contribution in [0.1, 0.15) is 0 Å². The first-order valence-electron chi connectivity index (χ1n) is 7.83. The molecule has 0 saturated carbocycles. The Labute approximate surface area is 292 Å². The van der Waals surface area contributed by atoms with Gasteiger partial charge in [0.05, 0.1) is 0 Å². The monoisotopic (exact) mass is 1200 g/mol. The van der Waals surface area contributed by atoms with E-state index in [0.29, 0.717) is 0 Å². The zero-order chi connectivity index (χ0) is 28.3. The van der Waals surface area contributed by atoms with Crippen molar-refractivity contribution in [3.8, 4) is 0 Å². The zero-order valence-electron chi connectivity index (χ0n) is 18.1. The summed E-state index contributed by atoms with van der Waals surface area (Å²) in [7, 11) is 63.0. The normalized spacial score (nSPS) is 15.5. The van der Waals surface area contributed by atoms with Gasteiger partial charge in [-0.2, -0.15) is 0 Å². The van der Waals surface area contributed by atoms with Crippen molar-refractivity contribution in [2.45, 2.75) is 0 Å². The van der Waals surface area contributed by atoms with Crippen molar-refractivity contribution in [3.63, 3.8) is 0 Å². The van der Waals surface area contributed by atoms with Gasteiger partial charge in [-0.05, 0) is 68.0 Å². The Bertz CT molecular complexity index is 1280. The van der Waals surface area contributed by atoms with E-state index in [4.69, 9.17) is 0 Å². The third-order valence-electron chi connectivity index (χ3n) is 1.49. The van der Waals surface area contributed by atoms with Crippen LogP contribution in [0.3, 0.4) is 0 Å². The van der Waals surface area contributed by atoms with Gasteiger partial charge in [0, 0.05) is 113 Å². The van der Waals surface area contributed by atoms with Gasteiger partial charge in [0.1, 0.15) is 0 Å². The molecule has 0 spiro atoms. The maximum atomic E-state index is 4.45. The molecule has 0 amide bonds. The Hall–Kier alpha value is 11.6. The minimum Gasteiger partial charge on any atom is -0.0774 e. The van der Waals surface area contributed by atoms with E-state index < -0.39 is 0 Å². The molecule has 0 N–H and O–H groups in total. The van der Waals surface area contributed by atoms with Crippen LogP contribution in [0, 0.1) is 0 Å². The summed E-state index contributed by atoms with van der Waals surface area (Å²) in [4.78, 5) is 0. The average Bonchev–Trinajstić information content (AvgIpc) is 2.93. The molecule has 0 aliphatic carbocycles. The van der Waals surface area contributed by atoms with Gasteiger partial charge in [-0.3, -0.25) is 0 Å². The summed E-state index contributed by atoms with van der Waals surface area (Å²) in [6.45, 7) is 0. The van der Waals surface area contributed by atoms with Gasteiger partial charge in [0.2, 0.25) is 0 Å². The van der Waals surface area contributed by atoms with Crippen molar-refractivity contribution in [1.82, 2.24) is 0 Å². The van der Waals surface area contributed by atoms with Crippen LogP contribution in [0.4, 0.5) is 0 Å². The van der Waals surface area contributed by atoms with E-state index in [-0.39, 0.29) is 9.05 Å². The van der Waals surface area contributed by atoms with Crippen molar-refractivity contribution in [2.75, 3.05) is 6.26 Å². The number of rotatable bonds is 17. The van der Waals surface area contributed by atoms with Crippen LogP contribution in [0.5, 0.6) is 0 Å². The molecule has 0 aromatic heterocycles. The van der Waals surface area contributed by atoms with E-state index >= 15 is 0 Å². The van der Waals surface area contributed by atoms with Crippen LogP contribution in [-0.2, 0) is 9.05 Å². The summed E-state index contributed by atoms with van der Waals surface area (Å²) < 4.78 is 0. The van der Waals surface area contributed by atoms with Crippen molar-refractivity contribution in [3.05, 3.63) is 0 Å². The summed E-state index contributed by atoms with van der Waals surface area (Å²) in [5.41, 5.74) is 0. The van der Waals surface area contributed by atoms with Crippen LogP contribution in [0.2, 0.25) is 0 Å². The van der Waals surface area contributed by atoms with Gasteiger partial charge < -0.3 is 0 Å². The first-order valence-corrected chi connectivity index (χ1v) is 68.0. The smallest absolute Gasteiger partial charge is 0.0774 e. The van der Waals surface area contributed by atoms with Crippen molar-refractivity contribution >= 4 is 290 Å². The minimum absolute atomic E-state index is 0.287. The van der Waals surface area contributed by atoms with Crippen molar-refractivity contribution in [1.29, 1.82) is 0 Å². The number of hydrogen-bond donors (Lipinski definition) is 0. The predicted molar refractivity (Wildman–Crippen MR) is 272 cm³/mol. The third-order valence-corrected chi connectivity index (χ3v) is 116. The third kappa shape index (κ3) is 49.6. The van der Waals surface area contributed by atoms with Gasteiger partial charge in [0.15, 0.2) is 0 Å². The fraction of sp³-hybridized carbons (Fsp3) is 1.00. The second-order valence-electron chi connectivity index (χ2n) is 3.60. The summed E-state index contributed by atoms with van der Waals surface area (Å²) in [6, 6.07) is 0. The van der Waals surface area contributed by atoms with E-state index in [9.17, 15) is 0 Å². The van der Waals surface area contributed by atoms with Crippen LogP contribution < -0.4 is 0 Å². The van der Waals surface area contributed by atoms with Crippen molar-refractivity contribution < 1.29 is 0 Å². The first-order chi connectivity index (χ1) is 19.3. The fourth-order valence-corrected chi connectivity index (χ4v) is 151. The molecule has 0 aliphatic heterocycles. The van der Waals surface area contributed by atoms with E-state index in [0.717, 1.165) is 0 Å². The topological polar surface area (TPSA) is 0 Å². The Morgan fingerprint density at radius 3 is 0.615 bits per heavy atom. The second-order valence-corrected chi connectivity index (χ2v) is 90.5. The molecule has 38 heteroatoms. The van der Waals surface area contributed by atoms with Crippen LogP contribution in [0.25, 0.3) is 0 Å². The average molecular weight is 1200 g/mol. The summed E-state index contributed by atoms with van der Waals surface area (Å²) >= 11 is 0. The van der Waals surface area contributed by atoms with Gasteiger partial charge >= 0.3 is 106 Å². The Morgan fingerprint density at radius 1 is 0.308 bits per heavy atom. The molecule has 1 unspecified atom stereocenters. The molecule has 0 aliphatic rings. The van der Waals surface area contributed by atoms with Gasteiger partial charge in [-0.1, -0.05) is 8.93 Å². The molecule has 1 atom stereocenters. The molecule has 200 valence electrons. The predicted octanol–water partition coefficient (Wildman–Crippen LogP) is 31.5. The second kappa shape index (κ2) is 47.6. The van der Waals surface area contributed by atoms with Gasteiger partial charge in [-0.25, -0.2) is 0 Å². The van der Waals surface area contributed by atoms with E-state index in [1.165, 1.54) is 29.7 Å². The van der Waals surface area contributed by atoms with Crippen molar-refractivity contribution in [2.24, 2.45) is 0 Å². The molecule has 0 radical (unpaired) electrons. The molecule has 39 heavy (non-hydrogen) atoms. The summed E-state index contributed by atoms with van der Waals surface area (Å²) in [5.74, 6) is 0. The molecular weight excluding hydrogens is 1190 g/mol. The summed E-state index contributed by atoms with van der Waals surface area (Å²) in [6.07, 6.45) is 2.20. The quantitative estimate of drug-likeness (QED) is 0.127. The van der Waals surface area contributed by atoms with Crippen LogP contribution >= 0.6 is 281 Å². The molecular formula is CH5P37S. The van der Waals surface area contributed by atoms with Gasteiger partial charge in [-0.15, -0.1) is 0 Å². The molecule has 0 aromatic rings. The molecule has 0 rings (SSSR count). The Morgan fingerprint density at radius 2 is 0.462 bits per heavy atom. The fourth-order valence-electron chi connectivity index (χ4n) is 0.647. The summed E-state index contributed by atoms with van der Waals surface area (Å²) in [5, 5.41) is 0. The first kappa shape index (κ1) is 50.6. The SMILES string of the molecule is CS(#P)=PP=PP=PP=PP=PP=PP=PP=PP=PP=PP=PP=PP=PP=PP=PP=PP=PP=PP. The van der Waals surface area contributed by atoms with E-state index in [2.05, 4.69) is 23.0 Å². The van der Waals surface area contributed by atoms with Gasteiger partial charge in [0.25, 0.3) is 0 Å². The van der Waals surface area contributed by atoms with Crippen LogP contribution in [0.15, 0.2) is 0 Å². The Kier molecular flexibility index (Phi) is 61.7. The number of hydrogen-bond acceptors (Lipinski definition) is 0. The van der Waals surface area contributed by atoms with Crippen LogP contribution in [-0.4, -0.2) is 6.26 Å². The minimum atomic E-state index is 0.287. The van der Waals surface area contributed by atoms with E-state index in [1.807, 2.05) is 0 Å². The van der Waals surface area contributed by atoms with E-state index in [1.54, 1.807) is 234 Å². The molecule has 0 nitrogen and oxygen atoms in total. The zero-order valence-corrected chi connectivity index (χ0v) is 52.3. The molecule has 0 bridgehead atoms. The molecule has 0 aromatic carbocycles. The molecule has 0 fully saturated rings. The Balaban J connectivity index is 4.03.